The molecule has 2 saturated heterocycles. The second kappa shape index (κ2) is 4.91. The summed E-state index contributed by atoms with van der Waals surface area (Å²) in [6.07, 6.45) is 8.06. The number of hydrogen-bond acceptors (Lipinski definition) is 5. The lowest BCUT2D eigenvalue weighted by atomic mass is 9.80. The first kappa shape index (κ1) is 12.0. The summed E-state index contributed by atoms with van der Waals surface area (Å²) in [6, 6.07) is -0.0555. The van der Waals surface area contributed by atoms with Crippen molar-refractivity contribution in [2.75, 3.05) is 19.8 Å². The summed E-state index contributed by atoms with van der Waals surface area (Å²) in [5.74, 6) is 0.400. The lowest BCUT2D eigenvalue weighted by Crippen LogP contribution is -2.43. The maximum Gasteiger partial charge on any atom is 0.0940 e. The summed E-state index contributed by atoms with van der Waals surface area (Å²) in [5, 5.41) is 0. The van der Waals surface area contributed by atoms with Gasteiger partial charge in [-0.1, -0.05) is 0 Å². The van der Waals surface area contributed by atoms with E-state index in [1.807, 2.05) is 0 Å². The highest BCUT2D eigenvalue weighted by Gasteiger charge is 2.42. The highest BCUT2D eigenvalue weighted by molar-refractivity contribution is 5.05. The average molecular weight is 249 g/mol. The molecule has 0 bridgehead atoms. The first-order valence-electron chi connectivity index (χ1n) is 6.52. The monoisotopic (exact) mass is 249 g/mol. The van der Waals surface area contributed by atoms with E-state index in [0.717, 1.165) is 38.2 Å². The molecule has 1 aromatic rings. The molecule has 0 aliphatic carbocycles. The standard InChI is InChI=1S/C13H19N3O2/c14-12(11-8-15-3-4-16-11)10-1-5-18-13(7-10)2-6-17-9-13/h3-4,8,10,12H,1-2,5-7,9,14H2. The maximum absolute atomic E-state index is 6.32. The third-order valence-electron chi connectivity index (χ3n) is 4.03. The van der Waals surface area contributed by atoms with Crippen molar-refractivity contribution >= 4 is 0 Å². The Morgan fingerprint density at radius 2 is 2.33 bits per heavy atom. The molecule has 3 unspecified atom stereocenters. The smallest absolute Gasteiger partial charge is 0.0940 e. The number of hydrogen-bond donors (Lipinski definition) is 1. The molecule has 2 aliphatic rings. The Morgan fingerprint density at radius 1 is 1.39 bits per heavy atom. The van der Waals surface area contributed by atoms with Gasteiger partial charge in [0, 0.05) is 38.2 Å². The summed E-state index contributed by atoms with van der Waals surface area (Å²) in [7, 11) is 0. The van der Waals surface area contributed by atoms with Gasteiger partial charge in [0.1, 0.15) is 0 Å². The van der Waals surface area contributed by atoms with E-state index in [-0.39, 0.29) is 11.6 Å². The van der Waals surface area contributed by atoms with E-state index in [1.165, 1.54) is 0 Å². The fourth-order valence-corrected chi connectivity index (χ4v) is 2.96. The van der Waals surface area contributed by atoms with Crippen LogP contribution in [-0.4, -0.2) is 35.4 Å². The topological polar surface area (TPSA) is 70.3 Å². The molecule has 5 heteroatoms. The van der Waals surface area contributed by atoms with Crippen LogP contribution in [0.1, 0.15) is 31.0 Å². The predicted octanol–water partition coefficient (Wildman–Crippen LogP) is 1.06. The zero-order valence-corrected chi connectivity index (χ0v) is 10.4. The molecule has 3 rings (SSSR count). The van der Waals surface area contributed by atoms with E-state index in [0.29, 0.717) is 12.5 Å². The van der Waals surface area contributed by atoms with E-state index in [1.54, 1.807) is 18.6 Å². The van der Waals surface area contributed by atoms with Gasteiger partial charge in [0.25, 0.3) is 0 Å². The third kappa shape index (κ3) is 2.25. The Kier molecular flexibility index (Phi) is 3.28. The van der Waals surface area contributed by atoms with Gasteiger partial charge in [0.05, 0.1) is 23.9 Å². The van der Waals surface area contributed by atoms with Gasteiger partial charge < -0.3 is 15.2 Å². The largest absolute Gasteiger partial charge is 0.378 e. The Bertz CT molecular complexity index is 392. The molecule has 1 spiro atoms. The molecule has 0 radical (unpaired) electrons. The molecule has 3 heterocycles. The summed E-state index contributed by atoms with van der Waals surface area (Å²) in [6.45, 7) is 2.27. The van der Waals surface area contributed by atoms with Crippen molar-refractivity contribution in [2.45, 2.75) is 30.9 Å². The third-order valence-corrected chi connectivity index (χ3v) is 4.03. The van der Waals surface area contributed by atoms with E-state index in [4.69, 9.17) is 15.2 Å². The first-order valence-corrected chi connectivity index (χ1v) is 6.52. The van der Waals surface area contributed by atoms with Gasteiger partial charge in [-0.15, -0.1) is 0 Å². The van der Waals surface area contributed by atoms with Gasteiger partial charge in [0.15, 0.2) is 0 Å². The molecule has 18 heavy (non-hydrogen) atoms. The Hall–Kier alpha value is -1.04. The predicted molar refractivity (Wildman–Crippen MR) is 65.8 cm³/mol. The lowest BCUT2D eigenvalue weighted by Gasteiger charge is -2.39. The van der Waals surface area contributed by atoms with Crippen molar-refractivity contribution in [1.29, 1.82) is 0 Å². The Balaban J connectivity index is 1.72. The van der Waals surface area contributed by atoms with E-state index >= 15 is 0 Å². The highest BCUT2D eigenvalue weighted by atomic mass is 16.6. The van der Waals surface area contributed by atoms with Crippen LogP contribution in [0.2, 0.25) is 0 Å². The molecule has 0 aromatic carbocycles. The number of rotatable bonds is 2. The number of nitrogens with two attached hydrogens (primary N) is 1. The van der Waals surface area contributed by atoms with Gasteiger partial charge in [-0.25, -0.2) is 0 Å². The minimum absolute atomic E-state index is 0.0555. The second-order valence-corrected chi connectivity index (χ2v) is 5.24. The Morgan fingerprint density at radius 3 is 3.06 bits per heavy atom. The van der Waals surface area contributed by atoms with Crippen LogP contribution in [0.25, 0.3) is 0 Å². The molecule has 3 atom stereocenters. The van der Waals surface area contributed by atoms with Crippen molar-refractivity contribution in [1.82, 2.24) is 9.97 Å². The molecule has 2 aliphatic heterocycles. The summed E-state index contributed by atoms with van der Waals surface area (Å²) >= 11 is 0. The molecule has 1 aromatic heterocycles. The number of nitrogens with zero attached hydrogens (tertiary/aromatic N) is 2. The van der Waals surface area contributed by atoms with E-state index < -0.39 is 0 Å². The fraction of sp³-hybridized carbons (Fsp3) is 0.692. The summed E-state index contributed by atoms with van der Waals surface area (Å²) in [5.41, 5.74) is 7.10. The molecule has 2 fully saturated rings. The molecular weight excluding hydrogens is 230 g/mol. The van der Waals surface area contributed by atoms with Crippen LogP contribution in [0.5, 0.6) is 0 Å². The van der Waals surface area contributed by atoms with Gasteiger partial charge in [-0.2, -0.15) is 0 Å². The van der Waals surface area contributed by atoms with E-state index in [2.05, 4.69) is 9.97 Å². The lowest BCUT2D eigenvalue weighted by molar-refractivity contribution is -0.101. The van der Waals surface area contributed by atoms with Crippen molar-refractivity contribution in [3.05, 3.63) is 24.3 Å². The Labute approximate surface area is 107 Å². The molecule has 0 amide bonds. The van der Waals surface area contributed by atoms with Crippen LogP contribution < -0.4 is 5.73 Å². The molecule has 5 nitrogen and oxygen atoms in total. The van der Waals surface area contributed by atoms with Crippen LogP contribution >= 0.6 is 0 Å². The fourth-order valence-electron chi connectivity index (χ4n) is 2.96. The number of ether oxygens (including phenoxy) is 2. The van der Waals surface area contributed by atoms with Gasteiger partial charge in [0.2, 0.25) is 0 Å². The SMILES string of the molecule is NC(c1cnccn1)C1CCOC2(CCOC2)C1. The van der Waals surface area contributed by atoms with Gasteiger partial charge in [-0.05, 0) is 18.8 Å². The van der Waals surface area contributed by atoms with Crippen molar-refractivity contribution in [3.63, 3.8) is 0 Å². The van der Waals surface area contributed by atoms with Crippen molar-refractivity contribution in [2.24, 2.45) is 11.7 Å². The van der Waals surface area contributed by atoms with Crippen LogP contribution in [0.3, 0.4) is 0 Å². The van der Waals surface area contributed by atoms with Crippen LogP contribution in [0.15, 0.2) is 18.6 Å². The zero-order chi connectivity index (χ0) is 12.4. The van der Waals surface area contributed by atoms with Crippen LogP contribution in [0.4, 0.5) is 0 Å². The minimum atomic E-state index is -0.0945. The maximum atomic E-state index is 6.32. The van der Waals surface area contributed by atoms with Crippen molar-refractivity contribution < 1.29 is 9.47 Å². The highest BCUT2D eigenvalue weighted by Crippen LogP contribution is 2.39. The summed E-state index contributed by atoms with van der Waals surface area (Å²) in [4.78, 5) is 8.40. The number of aromatic nitrogens is 2. The van der Waals surface area contributed by atoms with E-state index in [9.17, 15) is 0 Å². The van der Waals surface area contributed by atoms with Crippen LogP contribution in [0, 0.1) is 5.92 Å². The molecular formula is C13H19N3O2. The first-order chi connectivity index (χ1) is 8.79. The quantitative estimate of drug-likeness (QED) is 0.848. The van der Waals surface area contributed by atoms with Crippen LogP contribution in [-0.2, 0) is 9.47 Å². The molecule has 0 saturated carbocycles. The van der Waals surface area contributed by atoms with Gasteiger partial charge in [-0.3, -0.25) is 9.97 Å². The average Bonchev–Trinajstić information content (AvgIpc) is 2.87. The van der Waals surface area contributed by atoms with Gasteiger partial charge >= 0.3 is 0 Å². The second-order valence-electron chi connectivity index (χ2n) is 5.24. The zero-order valence-electron chi connectivity index (χ0n) is 10.4. The van der Waals surface area contributed by atoms with Crippen molar-refractivity contribution in [3.8, 4) is 0 Å². The normalized spacial score (nSPS) is 33.7. The molecule has 2 N–H and O–H groups in total. The minimum Gasteiger partial charge on any atom is -0.378 e. The molecule has 98 valence electrons. The summed E-state index contributed by atoms with van der Waals surface area (Å²) < 4.78 is 11.4.